The monoisotopic (exact) mass is 261 g/mol. The van der Waals surface area contributed by atoms with Gasteiger partial charge in [-0.1, -0.05) is 0 Å². The van der Waals surface area contributed by atoms with E-state index < -0.39 is 0 Å². The van der Waals surface area contributed by atoms with E-state index >= 15 is 0 Å². The van der Waals surface area contributed by atoms with Gasteiger partial charge in [0, 0.05) is 17.5 Å². The molecule has 0 saturated carbocycles. The summed E-state index contributed by atoms with van der Waals surface area (Å²) in [5.74, 6) is -0.636. The third-order valence-corrected chi connectivity index (χ3v) is 3.11. The molecule has 0 aliphatic rings. The molecule has 0 bridgehead atoms. The van der Waals surface area contributed by atoms with Crippen LogP contribution in [-0.4, -0.2) is 18.1 Å². The van der Waals surface area contributed by atoms with Gasteiger partial charge >= 0.3 is 5.97 Å². The number of carbonyl (C=O) groups is 1. The summed E-state index contributed by atoms with van der Waals surface area (Å²) in [5, 5.41) is 0.797. The van der Waals surface area contributed by atoms with Crippen molar-refractivity contribution in [3.8, 4) is 0 Å². The van der Waals surface area contributed by atoms with Crippen molar-refractivity contribution in [2.24, 2.45) is 0 Å². The fraction of sp³-hybridized carbons (Fsp3) is 0.333. The van der Waals surface area contributed by atoms with Crippen LogP contribution in [-0.2, 0) is 16.0 Å². The molecular weight excluding hydrogens is 245 g/mol. The van der Waals surface area contributed by atoms with Gasteiger partial charge in [-0.3, -0.25) is 9.78 Å². The van der Waals surface area contributed by atoms with E-state index in [-0.39, 0.29) is 18.2 Å². The van der Waals surface area contributed by atoms with Crippen LogP contribution < -0.4 is 0 Å². The first kappa shape index (κ1) is 13.5. The lowest BCUT2D eigenvalue weighted by atomic mass is 10.0. The summed E-state index contributed by atoms with van der Waals surface area (Å²) < 4.78 is 18.6. The van der Waals surface area contributed by atoms with Crippen LogP contribution in [0.5, 0.6) is 0 Å². The number of rotatable bonds is 3. The highest BCUT2D eigenvalue weighted by atomic mass is 19.1. The van der Waals surface area contributed by atoms with Gasteiger partial charge in [0.1, 0.15) is 11.3 Å². The van der Waals surface area contributed by atoms with Gasteiger partial charge in [-0.2, -0.15) is 0 Å². The normalized spacial score (nSPS) is 10.7. The van der Waals surface area contributed by atoms with E-state index in [4.69, 9.17) is 0 Å². The Labute approximate surface area is 111 Å². The maximum absolute atomic E-state index is 14.0. The topological polar surface area (TPSA) is 39.2 Å². The molecule has 0 spiro atoms. The second-order valence-corrected chi connectivity index (χ2v) is 4.63. The molecule has 100 valence electrons. The molecule has 1 aromatic carbocycles. The average Bonchev–Trinajstić information content (AvgIpc) is 2.37. The highest BCUT2D eigenvalue weighted by Crippen LogP contribution is 2.23. The van der Waals surface area contributed by atoms with Gasteiger partial charge < -0.3 is 4.74 Å². The van der Waals surface area contributed by atoms with E-state index in [1.54, 1.807) is 0 Å². The molecule has 0 N–H and O–H groups in total. The first-order chi connectivity index (χ1) is 9.01. The number of aromatic nitrogens is 1. The number of nitrogens with zero attached hydrogens (tertiary/aromatic N) is 1. The molecule has 1 heterocycles. The Bertz CT molecular complexity index is 638. The Kier molecular flexibility index (Phi) is 3.79. The third kappa shape index (κ3) is 2.89. The lowest BCUT2D eigenvalue weighted by molar-refractivity contribution is -0.140. The van der Waals surface area contributed by atoms with Crippen molar-refractivity contribution in [2.45, 2.75) is 26.7 Å². The minimum absolute atomic E-state index is 0.250. The molecular formula is C15H16FNO2. The minimum Gasteiger partial charge on any atom is -0.469 e. The number of fused-ring (bicyclic) bond motifs is 1. The van der Waals surface area contributed by atoms with Gasteiger partial charge in [0.05, 0.1) is 7.11 Å². The number of halogens is 1. The second kappa shape index (κ2) is 5.34. The Morgan fingerprint density at radius 2 is 2.05 bits per heavy atom. The highest BCUT2D eigenvalue weighted by molar-refractivity contribution is 5.83. The summed E-state index contributed by atoms with van der Waals surface area (Å²) in [5.41, 5.74) is 2.95. The predicted molar refractivity (Wildman–Crippen MR) is 71.5 cm³/mol. The number of hydrogen-bond acceptors (Lipinski definition) is 3. The van der Waals surface area contributed by atoms with Crippen molar-refractivity contribution in [3.63, 3.8) is 0 Å². The number of aryl methyl sites for hydroxylation is 3. The molecule has 0 fully saturated rings. The molecule has 0 unspecified atom stereocenters. The van der Waals surface area contributed by atoms with E-state index in [0.717, 1.165) is 22.2 Å². The number of hydrogen-bond donors (Lipinski definition) is 0. The zero-order valence-corrected chi connectivity index (χ0v) is 11.3. The first-order valence-electron chi connectivity index (χ1n) is 6.14. The quantitative estimate of drug-likeness (QED) is 0.797. The van der Waals surface area contributed by atoms with E-state index in [1.807, 2.05) is 26.0 Å². The van der Waals surface area contributed by atoms with Crippen LogP contribution in [0.4, 0.5) is 4.39 Å². The number of benzene rings is 1. The molecule has 0 saturated heterocycles. The SMILES string of the molecule is COC(=O)CCc1cc(F)c2nc(C)cc(C)c2c1. The average molecular weight is 261 g/mol. The molecule has 0 aliphatic carbocycles. The number of ether oxygens (including phenoxy) is 1. The van der Waals surface area contributed by atoms with Crippen LogP contribution in [0, 0.1) is 19.7 Å². The molecule has 2 aromatic rings. The lowest BCUT2D eigenvalue weighted by Gasteiger charge is -2.08. The molecule has 1 aromatic heterocycles. The van der Waals surface area contributed by atoms with Gasteiger partial charge in [0.15, 0.2) is 0 Å². The van der Waals surface area contributed by atoms with Crippen LogP contribution in [0.3, 0.4) is 0 Å². The van der Waals surface area contributed by atoms with E-state index in [1.165, 1.54) is 13.2 Å². The lowest BCUT2D eigenvalue weighted by Crippen LogP contribution is -2.02. The number of carbonyl (C=O) groups excluding carboxylic acids is 1. The van der Waals surface area contributed by atoms with Crippen LogP contribution >= 0.6 is 0 Å². The number of pyridine rings is 1. The van der Waals surface area contributed by atoms with Crippen molar-refractivity contribution < 1.29 is 13.9 Å². The molecule has 4 heteroatoms. The maximum Gasteiger partial charge on any atom is 0.305 e. The second-order valence-electron chi connectivity index (χ2n) is 4.63. The molecule has 3 nitrogen and oxygen atoms in total. The number of methoxy groups -OCH3 is 1. The zero-order chi connectivity index (χ0) is 14.0. The molecule has 0 amide bonds. The number of esters is 1. The summed E-state index contributed by atoms with van der Waals surface area (Å²) in [6.45, 7) is 3.78. The highest BCUT2D eigenvalue weighted by Gasteiger charge is 2.09. The van der Waals surface area contributed by atoms with E-state index in [0.29, 0.717) is 11.9 Å². The maximum atomic E-state index is 14.0. The van der Waals surface area contributed by atoms with Gasteiger partial charge in [-0.05, 0) is 49.6 Å². The van der Waals surface area contributed by atoms with Crippen molar-refractivity contribution in [2.75, 3.05) is 7.11 Å². The molecule has 2 rings (SSSR count). The van der Waals surface area contributed by atoms with Crippen molar-refractivity contribution >= 4 is 16.9 Å². The van der Waals surface area contributed by atoms with Crippen molar-refractivity contribution in [3.05, 3.63) is 40.8 Å². The molecule has 0 atom stereocenters. The zero-order valence-electron chi connectivity index (χ0n) is 11.3. The Hall–Kier alpha value is -1.97. The van der Waals surface area contributed by atoms with Gasteiger partial charge in [-0.25, -0.2) is 4.39 Å². The summed E-state index contributed by atoms with van der Waals surface area (Å²) >= 11 is 0. The predicted octanol–water partition coefficient (Wildman–Crippen LogP) is 3.10. The Morgan fingerprint density at radius 1 is 1.32 bits per heavy atom. The summed E-state index contributed by atoms with van der Waals surface area (Å²) in [6.07, 6.45) is 0.715. The van der Waals surface area contributed by atoms with Gasteiger partial charge in [-0.15, -0.1) is 0 Å². The summed E-state index contributed by atoms with van der Waals surface area (Å²) in [6, 6.07) is 5.26. The smallest absolute Gasteiger partial charge is 0.305 e. The van der Waals surface area contributed by atoms with Gasteiger partial charge in [0.25, 0.3) is 0 Å². The summed E-state index contributed by atoms with van der Waals surface area (Å²) in [7, 11) is 1.35. The molecule has 19 heavy (non-hydrogen) atoms. The fourth-order valence-electron chi connectivity index (χ4n) is 2.16. The van der Waals surface area contributed by atoms with Crippen molar-refractivity contribution in [1.82, 2.24) is 4.98 Å². The largest absolute Gasteiger partial charge is 0.469 e. The summed E-state index contributed by atoms with van der Waals surface area (Å²) in [4.78, 5) is 15.3. The molecule has 0 radical (unpaired) electrons. The third-order valence-electron chi connectivity index (χ3n) is 3.11. The first-order valence-corrected chi connectivity index (χ1v) is 6.14. The standard InChI is InChI=1S/C15H16FNO2/c1-9-6-10(2)17-15-12(9)7-11(8-13(15)16)4-5-14(18)19-3/h6-8H,4-5H2,1-3H3. The van der Waals surface area contributed by atoms with Gasteiger partial charge in [0.2, 0.25) is 0 Å². The van der Waals surface area contributed by atoms with Crippen molar-refractivity contribution in [1.29, 1.82) is 0 Å². The Balaban J connectivity index is 2.41. The minimum atomic E-state index is -0.343. The Morgan fingerprint density at radius 3 is 2.74 bits per heavy atom. The van der Waals surface area contributed by atoms with Crippen LogP contribution in [0.1, 0.15) is 23.2 Å². The van der Waals surface area contributed by atoms with E-state index in [2.05, 4.69) is 9.72 Å². The van der Waals surface area contributed by atoms with Crippen LogP contribution in [0.2, 0.25) is 0 Å². The van der Waals surface area contributed by atoms with Crippen LogP contribution in [0.25, 0.3) is 10.9 Å². The molecule has 0 aliphatic heterocycles. The van der Waals surface area contributed by atoms with E-state index in [9.17, 15) is 9.18 Å². The fourth-order valence-corrected chi connectivity index (χ4v) is 2.16. The van der Waals surface area contributed by atoms with Crippen LogP contribution in [0.15, 0.2) is 18.2 Å².